The third kappa shape index (κ3) is 4.20. The lowest BCUT2D eigenvalue weighted by atomic mass is 9.91. The van der Waals surface area contributed by atoms with Gasteiger partial charge in [0, 0.05) is 19.0 Å². The van der Waals surface area contributed by atoms with Crippen molar-refractivity contribution in [3.05, 3.63) is 35.2 Å². The Balaban J connectivity index is 0.00000182. The van der Waals surface area contributed by atoms with Crippen LogP contribution in [0.1, 0.15) is 68.2 Å². The number of H-pyrrole nitrogens is 2. The molecule has 0 amide bonds. The lowest BCUT2D eigenvalue weighted by Crippen LogP contribution is -2.05. The molecule has 0 aromatic carbocycles. The highest BCUT2D eigenvalue weighted by Gasteiger charge is 2.20. The molecule has 0 saturated heterocycles. The van der Waals surface area contributed by atoms with Gasteiger partial charge in [0.25, 0.3) is 0 Å². The molecule has 2 aliphatic carbocycles. The fourth-order valence-electron chi connectivity index (χ4n) is 4.43. The molecular weight excluding hydrogens is 330 g/mol. The summed E-state index contributed by atoms with van der Waals surface area (Å²) in [6.07, 6.45) is 17.5. The van der Waals surface area contributed by atoms with Crippen LogP contribution >= 0.6 is 12.4 Å². The SMILES string of the molecule is C(=NCC1CCCCCC1)c1[nH]c(-c2ccc[nH]2)c2c1CCCC2.Cl. The minimum Gasteiger partial charge on any atom is -0.360 e. The van der Waals surface area contributed by atoms with E-state index in [9.17, 15) is 0 Å². The number of aromatic amines is 2. The maximum absolute atomic E-state index is 4.84. The molecule has 2 aliphatic rings. The van der Waals surface area contributed by atoms with E-state index >= 15 is 0 Å². The maximum Gasteiger partial charge on any atom is 0.0659 e. The molecule has 0 unspecified atom stereocenters. The van der Waals surface area contributed by atoms with Gasteiger partial charge in [0.15, 0.2) is 0 Å². The Hall–Kier alpha value is -1.48. The molecule has 2 heterocycles. The van der Waals surface area contributed by atoms with Gasteiger partial charge >= 0.3 is 0 Å². The zero-order valence-electron chi connectivity index (χ0n) is 15.0. The van der Waals surface area contributed by atoms with Crippen molar-refractivity contribution >= 4 is 18.6 Å². The van der Waals surface area contributed by atoms with E-state index in [1.165, 1.54) is 92.4 Å². The molecule has 0 spiro atoms. The second-order valence-electron chi connectivity index (χ2n) is 7.51. The Kier molecular flexibility index (Phi) is 6.41. The van der Waals surface area contributed by atoms with Crippen LogP contribution in [-0.2, 0) is 12.8 Å². The van der Waals surface area contributed by atoms with E-state index in [2.05, 4.69) is 28.3 Å². The van der Waals surface area contributed by atoms with Crippen molar-refractivity contribution in [2.75, 3.05) is 6.54 Å². The molecule has 0 atom stereocenters. The van der Waals surface area contributed by atoms with Gasteiger partial charge in [-0.25, -0.2) is 0 Å². The first kappa shape index (κ1) is 18.3. The molecular formula is C21H30ClN3. The highest BCUT2D eigenvalue weighted by Crippen LogP contribution is 2.32. The van der Waals surface area contributed by atoms with Crippen LogP contribution in [0.25, 0.3) is 11.4 Å². The third-order valence-electron chi connectivity index (χ3n) is 5.78. The van der Waals surface area contributed by atoms with Gasteiger partial charge in [-0.1, -0.05) is 25.7 Å². The van der Waals surface area contributed by atoms with Crippen LogP contribution in [0.5, 0.6) is 0 Å². The highest BCUT2D eigenvalue weighted by molar-refractivity contribution is 5.85. The number of aromatic nitrogens is 2. The Labute approximate surface area is 157 Å². The number of halogens is 1. The maximum atomic E-state index is 4.84. The van der Waals surface area contributed by atoms with Gasteiger partial charge in [-0.15, -0.1) is 12.4 Å². The first-order valence-corrected chi connectivity index (χ1v) is 9.79. The van der Waals surface area contributed by atoms with Gasteiger partial charge in [-0.05, 0) is 67.7 Å². The van der Waals surface area contributed by atoms with Crippen molar-refractivity contribution in [3.63, 3.8) is 0 Å². The molecule has 1 fully saturated rings. The highest BCUT2D eigenvalue weighted by atomic mass is 35.5. The summed E-state index contributed by atoms with van der Waals surface area (Å²) in [4.78, 5) is 11.9. The molecule has 2 N–H and O–H groups in total. The quantitative estimate of drug-likeness (QED) is 0.519. The molecule has 25 heavy (non-hydrogen) atoms. The monoisotopic (exact) mass is 359 g/mol. The molecule has 0 aliphatic heterocycles. The lowest BCUT2D eigenvalue weighted by molar-refractivity contribution is 0.473. The average Bonchev–Trinajstić information content (AvgIpc) is 3.18. The van der Waals surface area contributed by atoms with Crippen molar-refractivity contribution < 1.29 is 0 Å². The summed E-state index contributed by atoms with van der Waals surface area (Å²) in [5.41, 5.74) is 6.76. The van der Waals surface area contributed by atoms with E-state index in [0.717, 1.165) is 12.5 Å². The van der Waals surface area contributed by atoms with Crippen LogP contribution in [0, 0.1) is 5.92 Å². The number of nitrogens with one attached hydrogen (secondary N) is 2. The summed E-state index contributed by atoms with van der Waals surface area (Å²) in [5.74, 6) is 0.803. The van der Waals surface area contributed by atoms with E-state index < -0.39 is 0 Å². The molecule has 136 valence electrons. The normalized spacial score (nSPS) is 18.7. The molecule has 2 aromatic rings. The van der Waals surface area contributed by atoms with Crippen molar-refractivity contribution in [1.82, 2.24) is 9.97 Å². The molecule has 4 heteroatoms. The predicted molar refractivity (Wildman–Crippen MR) is 108 cm³/mol. The number of fused-ring (bicyclic) bond motifs is 1. The topological polar surface area (TPSA) is 43.9 Å². The molecule has 3 nitrogen and oxygen atoms in total. The van der Waals surface area contributed by atoms with E-state index in [1.807, 2.05) is 6.20 Å². The standard InChI is InChI=1S/C21H29N3.ClH/c1-2-4-9-16(8-3-1)14-22-15-20-17-10-5-6-11-18(17)21(24-20)19-12-7-13-23-19;/h7,12-13,15-16,23-24H,1-6,8-11,14H2;1H. The molecule has 4 rings (SSSR count). The minimum atomic E-state index is 0. The smallest absolute Gasteiger partial charge is 0.0659 e. The van der Waals surface area contributed by atoms with Crippen LogP contribution in [0.4, 0.5) is 0 Å². The summed E-state index contributed by atoms with van der Waals surface area (Å²) in [7, 11) is 0. The Morgan fingerprint density at radius 1 is 1.00 bits per heavy atom. The summed E-state index contributed by atoms with van der Waals surface area (Å²) in [6.45, 7) is 1.01. The zero-order valence-corrected chi connectivity index (χ0v) is 15.8. The van der Waals surface area contributed by atoms with Gasteiger partial charge < -0.3 is 9.97 Å². The van der Waals surface area contributed by atoms with E-state index in [0.29, 0.717) is 0 Å². The molecule has 0 radical (unpaired) electrons. The van der Waals surface area contributed by atoms with Gasteiger partial charge in [-0.3, -0.25) is 4.99 Å². The lowest BCUT2D eigenvalue weighted by Gasteiger charge is -2.13. The fourth-order valence-corrected chi connectivity index (χ4v) is 4.43. The van der Waals surface area contributed by atoms with E-state index in [-0.39, 0.29) is 12.4 Å². The Morgan fingerprint density at radius 2 is 1.76 bits per heavy atom. The summed E-state index contributed by atoms with van der Waals surface area (Å²) >= 11 is 0. The van der Waals surface area contributed by atoms with Gasteiger partial charge in [0.1, 0.15) is 0 Å². The van der Waals surface area contributed by atoms with Gasteiger partial charge in [0.2, 0.25) is 0 Å². The Morgan fingerprint density at radius 3 is 2.48 bits per heavy atom. The first-order valence-electron chi connectivity index (χ1n) is 9.79. The second-order valence-corrected chi connectivity index (χ2v) is 7.51. The third-order valence-corrected chi connectivity index (χ3v) is 5.78. The summed E-state index contributed by atoms with van der Waals surface area (Å²) in [5, 5.41) is 0. The fraction of sp³-hybridized carbons (Fsp3) is 0.571. The first-order chi connectivity index (χ1) is 11.9. The van der Waals surface area contributed by atoms with E-state index in [4.69, 9.17) is 4.99 Å². The average molecular weight is 360 g/mol. The molecule has 0 bridgehead atoms. The molecule has 2 aromatic heterocycles. The largest absolute Gasteiger partial charge is 0.360 e. The van der Waals surface area contributed by atoms with E-state index in [1.54, 1.807) is 0 Å². The van der Waals surface area contributed by atoms with Gasteiger partial charge in [0.05, 0.1) is 17.1 Å². The van der Waals surface area contributed by atoms with Crippen molar-refractivity contribution in [2.45, 2.75) is 64.2 Å². The zero-order chi connectivity index (χ0) is 16.2. The summed E-state index contributed by atoms with van der Waals surface area (Å²) in [6, 6.07) is 4.23. The van der Waals surface area contributed by atoms with Crippen molar-refractivity contribution in [3.8, 4) is 11.4 Å². The number of rotatable bonds is 4. The minimum absolute atomic E-state index is 0. The van der Waals surface area contributed by atoms with Crippen LogP contribution in [0.3, 0.4) is 0 Å². The van der Waals surface area contributed by atoms with Crippen LogP contribution in [-0.4, -0.2) is 22.7 Å². The second kappa shape index (κ2) is 8.75. The predicted octanol–water partition coefficient (Wildman–Crippen LogP) is 5.70. The summed E-state index contributed by atoms with van der Waals surface area (Å²) < 4.78 is 0. The number of aliphatic imine (C=N–C) groups is 1. The van der Waals surface area contributed by atoms with Crippen molar-refractivity contribution in [2.24, 2.45) is 10.9 Å². The number of nitrogens with zero attached hydrogens (tertiary/aromatic N) is 1. The van der Waals surface area contributed by atoms with Crippen LogP contribution in [0.2, 0.25) is 0 Å². The number of hydrogen-bond acceptors (Lipinski definition) is 1. The van der Waals surface area contributed by atoms with Crippen molar-refractivity contribution in [1.29, 1.82) is 0 Å². The van der Waals surface area contributed by atoms with Crippen LogP contribution in [0.15, 0.2) is 23.3 Å². The number of hydrogen-bond donors (Lipinski definition) is 2. The van der Waals surface area contributed by atoms with Crippen LogP contribution < -0.4 is 0 Å². The van der Waals surface area contributed by atoms with Gasteiger partial charge in [-0.2, -0.15) is 0 Å². The Bertz CT molecular complexity index is 676. The molecule has 1 saturated carbocycles.